The number of rotatable bonds is 4. The molecule has 0 bridgehead atoms. The Morgan fingerprint density at radius 3 is 2.47 bits per heavy atom. The Kier molecular flexibility index (Phi) is 3.66. The lowest BCUT2D eigenvalue weighted by atomic mass is 10.1. The summed E-state index contributed by atoms with van der Waals surface area (Å²) in [5.41, 5.74) is 0.822. The molecule has 1 aromatic carbocycles. The van der Waals surface area contributed by atoms with Crippen molar-refractivity contribution in [1.29, 1.82) is 0 Å². The molecule has 0 spiro atoms. The Balaban J connectivity index is 2.18. The monoisotopic (exact) mass is 259 g/mol. The average Bonchev–Trinajstić information content (AvgIpc) is 2.83. The quantitative estimate of drug-likeness (QED) is 0.881. The van der Waals surface area contributed by atoms with E-state index in [0.717, 1.165) is 0 Å². The van der Waals surface area contributed by atoms with Crippen molar-refractivity contribution >= 4 is 11.9 Å². The number of carbonyl (C=O) groups is 2. The van der Waals surface area contributed by atoms with Gasteiger partial charge < -0.3 is 14.8 Å². The third-order valence-corrected chi connectivity index (χ3v) is 2.65. The van der Waals surface area contributed by atoms with E-state index in [1.54, 1.807) is 43.3 Å². The fourth-order valence-electron chi connectivity index (χ4n) is 1.71. The first-order valence-corrected chi connectivity index (χ1v) is 5.71. The summed E-state index contributed by atoms with van der Waals surface area (Å²) in [6.07, 6.45) is 1.30. The molecular formula is C14H13NO4. The SMILES string of the molecule is Cc1cc(C(=O)NC(C(=O)O)c2ccccc2)co1. The van der Waals surface area contributed by atoms with E-state index in [4.69, 9.17) is 4.42 Å². The fraction of sp³-hybridized carbons (Fsp3) is 0.143. The molecule has 1 amide bonds. The molecule has 5 nitrogen and oxygen atoms in total. The van der Waals surface area contributed by atoms with Gasteiger partial charge >= 0.3 is 5.97 Å². The number of carbonyl (C=O) groups excluding carboxylic acids is 1. The molecule has 98 valence electrons. The van der Waals surface area contributed by atoms with E-state index in [1.807, 2.05) is 0 Å². The lowest BCUT2D eigenvalue weighted by Gasteiger charge is -2.14. The van der Waals surface area contributed by atoms with Gasteiger partial charge in [0.1, 0.15) is 12.0 Å². The van der Waals surface area contributed by atoms with E-state index in [1.165, 1.54) is 6.26 Å². The second-order valence-corrected chi connectivity index (χ2v) is 4.10. The standard InChI is InChI=1S/C14H13NO4/c1-9-7-11(8-19-9)13(16)15-12(14(17)18)10-5-3-2-4-6-10/h2-8,12H,1H3,(H,15,16)(H,17,18). The van der Waals surface area contributed by atoms with Crippen LogP contribution in [0.4, 0.5) is 0 Å². The minimum absolute atomic E-state index is 0.305. The number of carboxylic acids is 1. The van der Waals surface area contributed by atoms with Gasteiger partial charge in [-0.05, 0) is 18.6 Å². The van der Waals surface area contributed by atoms with Crippen LogP contribution in [0.5, 0.6) is 0 Å². The molecule has 1 unspecified atom stereocenters. The van der Waals surface area contributed by atoms with Gasteiger partial charge in [-0.2, -0.15) is 0 Å². The van der Waals surface area contributed by atoms with Crippen molar-refractivity contribution in [3.05, 3.63) is 59.5 Å². The Bertz CT molecular complexity index is 589. The normalized spacial score (nSPS) is 11.8. The van der Waals surface area contributed by atoms with E-state index < -0.39 is 17.9 Å². The highest BCUT2D eigenvalue weighted by Crippen LogP contribution is 2.14. The molecule has 2 aromatic rings. The number of nitrogens with one attached hydrogen (secondary N) is 1. The number of benzene rings is 1. The highest BCUT2D eigenvalue weighted by molar-refractivity contribution is 5.96. The third-order valence-electron chi connectivity index (χ3n) is 2.65. The predicted octanol–water partition coefficient (Wildman–Crippen LogP) is 2.14. The van der Waals surface area contributed by atoms with Crippen LogP contribution in [0.25, 0.3) is 0 Å². The maximum absolute atomic E-state index is 11.9. The second kappa shape index (κ2) is 5.39. The lowest BCUT2D eigenvalue weighted by molar-refractivity contribution is -0.139. The lowest BCUT2D eigenvalue weighted by Crippen LogP contribution is -2.33. The Morgan fingerprint density at radius 1 is 1.26 bits per heavy atom. The molecule has 0 fully saturated rings. The molecule has 0 aliphatic heterocycles. The average molecular weight is 259 g/mol. The molecule has 1 aromatic heterocycles. The van der Waals surface area contributed by atoms with Crippen molar-refractivity contribution < 1.29 is 19.1 Å². The first-order valence-electron chi connectivity index (χ1n) is 5.71. The summed E-state index contributed by atoms with van der Waals surface area (Å²) >= 11 is 0. The number of aryl methyl sites for hydroxylation is 1. The molecule has 0 saturated carbocycles. The fourth-order valence-corrected chi connectivity index (χ4v) is 1.71. The van der Waals surface area contributed by atoms with Crippen LogP contribution >= 0.6 is 0 Å². The topological polar surface area (TPSA) is 79.5 Å². The maximum atomic E-state index is 11.9. The van der Waals surface area contributed by atoms with Crippen LogP contribution in [0.15, 0.2) is 47.1 Å². The highest BCUT2D eigenvalue weighted by Gasteiger charge is 2.22. The number of carboxylic acid groups (broad SMARTS) is 1. The van der Waals surface area contributed by atoms with Gasteiger partial charge in [0.25, 0.3) is 5.91 Å². The van der Waals surface area contributed by atoms with Crippen LogP contribution in [-0.4, -0.2) is 17.0 Å². The number of hydrogen-bond donors (Lipinski definition) is 2. The van der Waals surface area contributed by atoms with E-state index in [-0.39, 0.29) is 0 Å². The number of hydrogen-bond acceptors (Lipinski definition) is 3. The van der Waals surface area contributed by atoms with Gasteiger partial charge in [-0.15, -0.1) is 0 Å². The van der Waals surface area contributed by atoms with Crippen molar-refractivity contribution in [2.24, 2.45) is 0 Å². The van der Waals surface area contributed by atoms with Crippen LogP contribution in [0, 0.1) is 6.92 Å². The smallest absolute Gasteiger partial charge is 0.330 e. The Morgan fingerprint density at radius 2 is 1.95 bits per heavy atom. The zero-order valence-electron chi connectivity index (χ0n) is 10.3. The minimum Gasteiger partial charge on any atom is -0.479 e. The largest absolute Gasteiger partial charge is 0.479 e. The Labute approximate surface area is 109 Å². The van der Waals surface area contributed by atoms with E-state index >= 15 is 0 Å². The molecule has 0 radical (unpaired) electrons. The van der Waals surface area contributed by atoms with Crippen LogP contribution in [0.1, 0.15) is 27.7 Å². The van der Waals surface area contributed by atoms with Crippen LogP contribution < -0.4 is 5.32 Å². The number of furan rings is 1. The zero-order valence-corrected chi connectivity index (χ0v) is 10.3. The summed E-state index contributed by atoms with van der Waals surface area (Å²) in [7, 11) is 0. The zero-order chi connectivity index (χ0) is 13.8. The third kappa shape index (κ3) is 3.01. The summed E-state index contributed by atoms with van der Waals surface area (Å²) in [6, 6.07) is 9.00. The van der Waals surface area contributed by atoms with Crippen molar-refractivity contribution in [3.63, 3.8) is 0 Å². The van der Waals surface area contributed by atoms with E-state index in [2.05, 4.69) is 5.32 Å². The molecule has 19 heavy (non-hydrogen) atoms. The number of amides is 1. The van der Waals surface area contributed by atoms with E-state index in [9.17, 15) is 14.7 Å². The number of aliphatic carboxylic acids is 1. The van der Waals surface area contributed by atoms with Gasteiger partial charge in [0.05, 0.1) is 5.56 Å². The second-order valence-electron chi connectivity index (χ2n) is 4.10. The summed E-state index contributed by atoms with van der Waals surface area (Å²) in [5.74, 6) is -0.996. The maximum Gasteiger partial charge on any atom is 0.330 e. The summed E-state index contributed by atoms with van der Waals surface area (Å²) in [4.78, 5) is 23.1. The summed E-state index contributed by atoms with van der Waals surface area (Å²) in [5, 5.41) is 11.7. The van der Waals surface area contributed by atoms with Gasteiger partial charge in [0, 0.05) is 0 Å². The van der Waals surface area contributed by atoms with Crippen LogP contribution in [0.3, 0.4) is 0 Å². The minimum atomic E-state index is -1.11. The van der Waals surface area contributed by atoms with Crippen molar-refractivity contribution in [3.8, 4) is 0 Å². The first kappa shape index (κ1) is 12.9. The molecular weight excluding hydrogens is 246 g/mol. The molecule has 0 saturated heterocycles. The predicted molar refractivity (Wildman–Crippen MR) is 67.7 cm³/mol. The molecule has 0 aliphatic carbocycles. The summed E-state index contributed by atoms with van der Waals surface area (Å²) in [6.45, 7) is 1.71. The van der Waals surface area contributed by atoms with Crippen molar-refractivity contribution in [1.82, 2.24) is 5.32 Å². The van der Waals surface area contributed by atoms with Crippen molar-refractivity contribution in [2.45, 2.75) is 13.0 Å². The molecule has 2 N–H and O–H groups in total. The molecule has 1 atom stereocenters. The van der Waals surface area contributed by atoms with Gasteiger partial charge in [-0.25, -0.2) is 4.79 Å². The molecule has 2 rings (SSSR count). The Hall–Kier alpha value is -2.56. The van der Waals surface area contributed by atoms with Gasteiger partial charge in [-0.3, -0.25) is 4.79 Å². The molecule has 5 heteroatoms. The molecule has 1 heterocycles. The summed E-state index contributed by atoms with van der Waals surface area (Å²) < 4.78 is 5.03. The van der Waals surface area contributed by atoms with E-state index in [0.29, 0.717) is 16.9 Å². The van der Waals surface area contributed by atoms with Crippen molar-refractivity contribution in [2.75, 3.05) is 0 Å². The van der Waals surface area contributed by atoms with Crippen LogP contribution in [0.2, 0.25) is 0 Å². The van der Waals surface area contributed by atoms with Crippen LogP contribution in [-0.2, 0) is 4.79 Å². The van der Waals surface area contributed by atoms with Gasteiger partial charge in [-0.1, -0.05) is 30.3 Å². The van der Waals surface area contributed by atoms with Gasteiger partial charge in [0.15, 0.2) is 6.04 Å². The first-order chi connectivity index (χ1) is 9.08. The highest BCUT2D eigenvalue weighted by atomic mass is 16.4. The molecule has 0 aliphatic rings. The van der Waals surface area contributed by atoms with Gasteiger partial charge in [0.2, 0.25) is 0 Å².